The third-order valence-corrected chi connectivity index (χ3v) is 8.28. The van der Waals surface area contributed by atoms with Crippen molar-refractivity contribution >= 4 is 40.8 Å². The fraction of sp³-hybridized carbons (Fsp3) is 0.385. The van der Waals surface area contributed by atoms with Crippen LogP contribution in [0.15, 0.2) is 51.3 Å². The monoisotopic (exact) mass is 519 g/mol. The highest BCUT2D eigenvalue weighted by molar-refractivity contribution is 7.99. The van der Waals surface area contributed by atoms with Crippen LogP contribution in [-0.2, 0) is 11.3 Å². The molecule has 5 heterocycles. The number of rotatable bonds is 7. The number of furan rings is 1. The van der Waals surface area contributed by atoms with Crippen LogP contribution in [0.5, 0.6) is 5.75 Å². The summed E-state index contributed by atoms with van der Waals surface area (Å²) in [5, 5.41) is 0.796. The summed E-state index contributed by atoms with van der Waals surface area (Å²) in [5.41, 5.74) is 9.55. The number of carbonyl (C=O) groups is 1. The van der Waals surface area contributed by atoms with Crippen molar-refractivity contribution in [2.75, 3.05) is 43.9 Å². The van der Waals surface area contributed by atoms with Gasteiger partial charge in [-0.3, -0.25) is 4.79 Å². The molecule has 0 aliphatic carbocycles. The molecule has 0 bridgehead atoms. The molecule has 192 valence electrons. The van der Waals surface area contributed by atoms with E-state index in [1.165, 1.54) is 6.33 Å². The zero-order chi connectivity index (χ0) is 25.4. The number of anilines is 2. The van der Waals surface area contributed by atoms with Gasteiger partial charge in [-0.15, -0.1) is 0 Å². The Morgan fingerprint density at radius 2 is 2.08 bits per heavy atom. The van der Waals surface area contributed by atoms with Crippen molar-refractivity contribution in [3.8, 4) is 17.1 Å². The molecule has 37 heavy (non-hydrogen) atoms. The van der Waals surface area contributed by atoms with Crippen molar-refractivity contribution in [3.05, 3.63) is 36.9 Å². The molecule has 0 spiro atoms. The Bertz CT molecular complexity index is 1410. The molecule has 0 atom stereocenters. The molecule has 1 saturated heterocycles. The van der Waals surface area contributed by atoms with E-state index in [0.717, 1.165) is 90.3 Å². The van der Waals surface area contributed by atoms with Crippen LogP contribution in [-0.4, -0.2) is 64.1 Å². The van der Waals surface area contributed by atoms with Gasteiger partial charge in [0.1, 0.15) is 24.4 Å². The van der Waals surface area contributed by atoms with Crippen LogP contribution in [0.3, 0.4) is 0 Å². The molecule has 3 aromatic heterocycles. The molecule has 6 rings (SSSR count). The van der Waals surface area contributed by atoms with E-state index in [1.807, 2.05) is 17.0 Å². The first-order valence-corrected chi connectivity index (χ1v) is 13.3. The molecule has 2 aliphatic rings. The van der Waals surface area contributed by atoms with Crippen molar-refractivity contribution in [1.29, 1.82) is 0 Å². The molecule has 11 heteroatoms. The number of hydrogen-bond donors (Lipinski definition) is 1. The fourth-order valence-electron chi connectivity index (χ4n) is 5.06. The standard InChI is InChI=1S/C26H29N7O3S/c1-31-10-12-36-21-14-22(18(13-19(21)31)20-3-2-11-35-20)37-26-30-23-24(27)28-15-29-25(23)33(26)9-6-17-4-7-32(16-34)8-5-17/h2-3,11,13-17H,4-10,12H2,1H3,(H2,27,28,29). The molecule has 10 nitrogen and oxygen atoms in total. The van der Waals surface area contributed by atoms with E-state index < -0.39 is 0 Å². The quantitative estimate of drug-likeness (QED) is 0.363. The lowest BCUT2D eigenvalue weighted by atomic mass is 9.94. The summed E-state index contributed by atoms with van der Waals surface area (Å²) in [5.74, 6) is 2.53. The van der Waals surface area contributed by atoms with Gasteiger partial charge >= 0.3 is 0 Å². The lowest BCUT2D eigenvalue weighted by molar-refractivity contribution is -0.119. The maximum atomic E-state index is 11.1. The Morgan fingerprint density at radius 3 is 2.86 bits per heavy atom. The highest BCUT2D eigenvalue weighted by Gasteiger charge is 2.24. The molecule has 4 aromatic rings. The number of aromatic nitrogens is 4. The maximum Gasteiger partial charge on any atom is 0.209 e. The average Bonchev–Trinajstić information content (AvgIpc) is 3.57. The predicted octanol–water partition coefficient (Wildman–Crippen LogP) is 3.91. The summed E-state index contributed by atoms with van der Waals surface area (Å²) in [4.78, 5) is 29.7. The predicted molar refractivity (Wildman–Crippen MR) is 142 cm³/mol. The van der Waals surface area contributed by atoms with Gasteiger partial charge in [0.25, 0.3) is 0 Å². The number of fused-ring (bicyclic) bond motifs is 2. The molecule has 1 amide bonds. The summed E-state index contributed by atoms with van der Waals surface area (Å²) in [6.07, 6.45) is 7.10. The second-order valence-electron chi connectivity index (χ2n) is 9.52. The summed E-state index contributed by atoms with van der Waals surface area (Å²) >= 11 is 1.55. The number of piperidine rings is 1. The van der Waals surface area contributed by atoms with E-state index in [9.17, 15) is 4.79 Å². The van der Waals surface area contributed by atoms with Crippen molar-refractivity contribution in [2.45, 2.75) is 35.9 Å². The minimum atomic E-state index is 0.367. The molecule has 0 unspecified atom stereocenters. The third-order valence-electron chi connectivity index (χ3n) is 7.23. The Labute approximate surface area is 218 Å². The molecule has 2 aliphatic heterocycles. The lowest BCUT2D eigenvalue weighted by Crippen LogP contribution is -2.32. The number of carbonyl (C=O) groups excluding carboxylic acids is 1. The smallest absolute Gasteiger partial charge is 0.209 e. The number of hydrogen-bond acceptors (Lipinski definition) is 9. The fourth-order valence-corrected chi connectivity index (χ4v) is 6.11. The second-order valence-corrected chi connectivity index (χ2v) is 10.5. The molecule has 1 fully saturated rings. The first-order valence-electron chi connectivity index (χ1n) is 12.5. The molecular formula is C26H29N7O3S. The first kappa shape index (κ1) is 23.7. The normalized spacial score (nSPS) is 16.1. The molecule has 0 saturated carbocycles. The van der Waals surface area contributed by atoms with E-state index in [2.05, 4.69) is 38.6 Å². The topological polar surface area (TPSA) is 116 Å². The summed E-state index contributed by atoms with van der Waals surface area (Å²) in [6, 6.07) is 8.05. The van der Waals surface area contributed by atoms with Gasteiger partial charge in [-0.1, -0.05) is 11.8 Å². The number of nitrogen functional groups attached to an aromatic ring is 1. The van der Waals surface area contributed by atoms with Crippen LogP contribution in [0.4, 0.5) is 11.5 Å². The maximum absolute atomic E-state index is 11.1. The van der Waals surface area contributed by atoms with Crippen molar-refractivity contribution in [3.63, 3.8) is 0 Å². The van der Waals surface area contributed by atoms with E-state index in [1.54, 1.807) is 18.0 Å². The first-order chi connectivity index (χ1) is 18.1. The third kappa shape index (κ3) is 4.59. The molecule has 2 N–H and O–H groups in total. The van der Waals surface area contributed by atoms with E-state index in [0.29, 0.717) is 23.9 Å². The van der Waals surface area contributed by atoms with Gasteiger partial charge in [0, 0.05) is 37.1 Å². The van der Waals surface area contributed by atoms with Crippen LogP contribution in [0, 0.1) is 5.92 Å². The second kappa shape index (κ2) is 9.97. The van der Waals surface area contributed by atoms with Crippen molar-refractivity contribution < 1.29 is 13.9 Å². The number of likely N-dealkylation sites (tertiary alicyclic amines) is 1. The highest BCUT2D eigenvalue weighted by atomic mass is 32.2. The number of likely N-dealkylation sites (N-methyl/N-ethyl adjacent to an activating group) is 1. The van der Waals surface area contributed by atoms with Crippen LogP contribution in [0.25, 0.3) is 22.5 Å². The van der Waals surface area contributed by atoms with E-state index in [4.69, 9.17) is 19.9 Å². The zero-order valence-corrected chi connectivity index (χ0v) is 21.5. The number of amides is 1. The van der Waals surface area contributed by atoms with Gasteiger partial charge in [0.05, 0.1) is 18.5 Å². The molecule has 0 radical (unpaired) electrons. The Balaban J connectivity index is 1.36. The SMILES string of the molecule is CN1CCOc2cc(Sc3nc4c(N)ncnc4n3CCC3CCN(C=O)CC3)c(-c3ccco3)cc21. The van der Waals surface area contributed by atoms with Crippen LogP contribution >= 0.6 is 11.8 Å². The van der Waals surface area contributed by atoms with Crippen LogP contribution in [0.1, 0.15) is 19.3 Å². The van der Waals surface area contributed by atoms with Gasteiger partial charge in [-0.25, -0.2) is 15.0 Å². The lowest BCUT2D eigenvalue weighted by Gasteiger charge is -2.29. The number of benzene rings is 1. The van der Waals surface area contributed by atoms with E-state index in [-0.39, 0.29) is 0 Å². The number of nitrogens with zero attached hydrogens (tertiary/aromatic N) is 6. The van der Waals surface area contributed by atoms with Gasteiger partial charge in [0.2, 0.25) is 6.41 Å². The van der Waals surface area contributed by atoms with Crippen molar-refractivity contribution in [1.82, 2.24) is 24.4 Å². The van der Waals surface area contributed by atoms with Gasteiger partial charge < -0.3 is 29.3 Å². The van der Waals surface area contributed by atoms with Gasteiger partial charge in [0.15, 0.2) is 22.1 Å². The minimum absolute atomic E-state index is 0.367. The number of aryl methyl sites for hydroxylation is 1. The highest BCUT2D eigenvalue weighted by Crippen LogP contribution is 2.44. The van der Waals surface area contributed by atoms with Crippen LogP contribution in [0.2, 0.25) is 0 Å². The molecule has 1 aromatic carbocycles. The number of ether oxygens (including phenoxy) is 1. The molecular weight excluding hydrogens is 490 g/mol. The van der Waals surface area contributed by atoms with Gasteiger partial charge in [-0.05, 0) is 49.4 Å². The zero-order valence-electron chi connectivity index (χ0n) is 20.7. The van der Waals surface area contributed by atoms with E-state index >= 15 is 0 Å². The Kier molecular flexibility index (Phi) is 6.37. The largest absolute Gasteiger partial charge is 0.490 e. The van der Waals surface area contributed by atoms with Gasteiger partial charge in [-0.2, -0.15) is 0 Å². The Morgan fingerprint density at radius 1 is 1.22 bits per heavy atom. The average molecular weight is 520 g/mol. The number of nitrogens with two attached hydrogens (primary N) is 1. The van der Waals surface area contributed by atoms with Crippen LogP contribution < -0.4 is 15.4 Å². The minimum Gasteiger partial charge on any atom is -0.490 e. The summed E-state index contributed by atoms with van der Waals surface area (Å²) in [7, 11) is 2.07. The number of imidazole rings is 1. The summed E-state index contributed by atoms with van der Waals surface area (Å²) in [6.45, 7) is 3.84. The Hall–Kier alpha value is -3.73. The summed E-state index contributed by atoms with van der Waals surface area (Å²) < 4.78 is 14.0. The van der Waals surface area contributed by atoms with Crippen molar-refractivity contribution in [2.24, 2.45) is 5.92 Å².